The summed E-state index contributed by atoms with van der Waals surface area (Å²) < 4.78 is 40.4. The van der Waals surface area contributed by atoms with Crippen LogP contribution in [0.4, 0.5) is 18.9 Å². The minimum atomic E-state index is -4.51. The summed E-state index contributed by atoms with van der Waals surface area (Å²) in [7, 11) is 0. The number of amides is 1. The van der Waals surface area contributed by atoms with E-state index in [1.165, 1.54) is 12.1 Å². The van der Waals surface area contributed by atoms with E-state index in [9.17, 15) is 23.2 Å². The lowest BCUT2D eigenvalue weighted by molar-refractivity contribution is -0.137. The van der Waals surface area contributed by atoms with Gasteiger partial charge in [0.2, 0.25) is 0 Å². The van der Waals surface area contributed by atoms with Crippen LogP contribution in [-0.4, -0.2) is 10.3 Å². The topological polar surface area (TPSA) is 57.3 Å². The van der Waals surface area contributed by atoms with Crippen LogP contribution in [0.25, 0.3) is 16.3 Å². The van der Waals surface area contributed by atoms with Crippen LogP contribution >= 0.6 is 0 Å². The monoisotopic (exact) mass is 393 g/mol. The number of hydrogen-bond acceptors (Lipinski definition) is 2. The van der Waals surface area contributed by atoms with E-state index in [2.05, 4.69) is 11.4 Å². The average molecular weight is 393 g/mol. The summed E-state index contributed by atoms with van der Waals surface area (Å²) in [5, 5.41) is 13.9. The van der Waals surface area contributed by atoms with Crippen LogP contribution in [0.15, 0.2) is 60.8 Å². The van der Waals surface area contributed by atoms with E-state index in [1.807, 2.05) is 30.3 Å². The molecule has 0 fully saturated rings. The summed E-state index contributed by atoms with van der Waals surface area (Å²) in [5.74, 6) is -0.589. The zero-order valence-electron chi connectivity index (χ0n) is 15.2. The van der Waals surface area contributed by atoms with Crippen molar-refractivity contribution in [3.8, 4) is 6.07 Å². The number of anilines is 1. The Morgan fingerprint density at radius 2 is 1.86 bits per heavy atom. The Bertz CT molecular complexity index is 1310. The van der Waals surface area contributed by atoms with Crippen molar-refractivity contribution in [2.75, 3.05) is 5.32 Å². The first-order valence-electron chi connectivity index (χ1n) is 8.72. The lowest BCUT2D eigenvalue weighted by Crippen LogP contribution is -2.16. The van der Waals surface area contributed by atoms with Gasteiger partial charge >= 0.3 is 6.18 Å². The summed E-state index contributed by atoms with van der Waals surface area (Å²) >= 11 is 0. The molecular weight excluding hydrogens is 379 g/mol. The van der Waals surface area contributed by atoms with E-state index < -0.39 is 17.6 Å². The lowest BCUT2D eigenvalue weighted by Gasteiger charge is -2.11. The SMILES string of the molecule is Cc1c(C#N)c2c3ccccc3ccn2c1C(=O)Nc1cccc(C(F)(F)F)c1. The number of halogens is 3. The highest BCUT2D eigenvalue weighted by molar-refractivity contribution is 6.09. The Balaban J connectivity index is 1.84. The minimum Gasteiger partial charge on any atom is -0.321 e. The van der Waals surface area contributed by atoms with Crippen LogP contribution in [0.2, 0.25) is 0 Å². The highest BCUT2D eigenvalue weighted by Crippen LogP contribution is 2.32. The second-order valence-electron chi connectivity index (χ2n) is 6.61. The van der Waals surface area contributed by atoms with Crippen molar-refractivity contribution in [1.82, 2.24) is 4.40 Å². The fourth-order valence-corrected chi connectivity index (χ4v) is 3.52. The van der Waals surface area contributed by atoms with Crippen molar-refractivity contribution >= 4 is 27.9 Å². The molecule has 4 rings (SSSR count). The zero-order valence-corrected chi connectivity index (χ0v) is 15.2. The molecule has 0 aliphatic carbocycles. The molecule has 144 valence electrons. The standard InChI is InChI=1S/C22H14F3N3O/c1-13-18(12-26)20-17-8-3-2-5-14(17)9-10-28(20)19(13)21(29)27-16-7-4-6-15(11-16)22(23,24)25/h2-11H,1H3,(H,27,29). The van der Waals surface area contributed by atoms with Gasteiger partial charge < -0.3 is 9.72 Å². The third kappa shape index (κ3) is 3.09. The number of rotatable bonds is 2. The first kappa shape index (κ1) is 18.6. The number of nitrogens with zero attached hydrogens (tertiary/aromatic N) is 2. The second-order valence-corrected chi connectivity index (χ2v) is 6.61. The van der Waals surface area contributed by atoms with Gasteiger partial charge in [-0.25, -0.2) is 0 Å². The molecule has 0 radical (unpaired) electrons. The predicted octanol–water partition coefficient (Wildman–Crippen LogP) is 5.54. The molecule has 0 bridgehead atoms. The molecular formula is C22H14F3N3O. The number of benzene rings is 2. The number of nitriles is 1. The molecule has 0 aliphatic rings. The van der Waals surface area contributed by atoms with Crippen LogP contribution in [0, 0.1) is 18.3 Å². The third-order valence-electron chi connectivity index (χ3n) is 4.84. The van der Waals surface area contributed by atoms with Crippen molar-refractivity contribution in [1.29, 1.82) is 5.26 Å². The maximum absolute atomic E-state index is 13.0. The number of pyridine rings is 1. The van der Waals surface area contributed by atoms with Gasteiger partial charge in [-0.1, -0.05) is 30.3 Å². The zero-order chi connectivity index (χ0) is 20.8. The Morgan fingerprint density at radius 3 is 2.59 bits per heavy atom. The summed E-state index contributed by atoms with van der Waals surface area (Å²) in [4.78, 5) is 13.0. The van der Waals surface area contributed by atoms with Crippen LogP contribution < -0.4 is 5.32 Å². The van der Waals surface area contributed by atoms with Gasteiger partial charge in [0.25, 0.3) is 5.91 Å². The van der Waals surface area contributed by atoms with Gasteiger partial charge in [0.1, 0.15) is 11.8 Å². The Kier molecular flexibility index (Phi) is 4.27. The van der Waals surface area contributed by atoms with Crippen LogP contribution in [0.3, 0.4) is 0 Å². The number of nitrogens with one attached hydrogen (secondary N) is 1. The molecule has 1 amide bonds. The largest absolute Gasteiger partial charge is 0.416 e. The van der Waals surface area contributed by atoms with Gasteiger partial charge in [0.15, 0.2) is 0 Å². The van der Waals surface area contributed by atoms with E-state index in [1.54, 1.807) is 17.5 Å². The van der Waals surface area contributed by atoms with Crippen molar-refractivity contribution in [2.45, 2.75) is 13.1 Å². The van der Waals surface area contributed by atoms with Crippen molar-refractivity contribution in [3.05, 3.63) is 83.2 Å². The molecule has 4 nitrogen and oxygen atoms in total. The summed E-state index contributed by atoms with van der Waals surface area (Å²) in [5.41, 5.74) is 0.801. The average Bonchev–Trinajstić information content (AvgIpc) is 2.99. The fraction of sp³-hybridized carbons (Fsp3) is 0.0909. The van der Waals surface area contributed by atoms with E-state index >= 15 is 0 Å². The van der Waals surface area contributed by atoms with E-state index in [0.29, 0.717) is 16.6 Å². The molecule has 2 aromatic heterocycles. The van der Waals surface area contributed by atoms with Gasteiger partial charge in [-0.05, 0) is 42.1 Å². The van der Waals surface area contributed by atoms with Crippen molar-refractivity contribution < 1.29 is 18.0 Å². The highest BCUT2D eigenvalue weighted by atomic mass is 19.4. The molecule has 0 saturated carbocycles. The van der Waals surface area contributed by atoms with E-state index in [0.717, 1.165) is 22.9 Å². The maximum Gasteiger partial charge on any atom is 0.416 e. The number of aromatic nitrogens is 1. The smallest absolute Gasteiger partial charge is 0.321 e. The molecule has 2 heterocycles. The first-order chi connectivity index (χ1) is 13.8. The molecule has 4 aromatic rings. The number of carbonyl (C=O) groups is 1. The minimum absolute atomic E-state index is 0.0264. The summed E-state index contributed by atoms with van der Waals surface area (Å²) in [6, 6.07) is 15.9. The predicted molar refractivity (Wildman–Crippen MR) is 104 cm³/mol. The quantitative estimate of drug-likeness (QED) is 0.486. The van der Waals surface area contributed by atoms with Gasteiger partial charge in [-0.2, -0.15) is 18.4 Å². The summed E-state index contributed by atoms with van der Waals surface area (Å²) in [6.45, 7) is 1.65. The number of fused-ring (bicyclic) bond motifs is 3. The number of hydrogen-bond donors (Lipinski definition) is 1. The normalized spacial score (nSPS) is 11.6. The number of alkyl halides is 3. The van der Waals surface area contributed by atoms with Crippen molar-refractivity contribution in [2.24, 2.45) is 0 Å². The molecule has 29 heavy (non-hydrogen) atoms. The fourth-order valence-electron chi connectivity index (χ4n) is 3.52. The number of carbonyl (C=O) groups excluding carboxylic acids is 1. The van der Waals surface area contributed by atoms with Gasteiger partial charge in [-0.15, -0.1) is 0 Å². The second kappa shape index (κ2) is 6.67. The molecule has 0 spiro atoms. The highest BCUT2D eigenvalue weighted by Gasteiger charge is 2.30. The lowest BCUT2D eigenvalue weighted by atomic mass is 10.1. The van der Waals surface area contributed by atoms with Crippen LogP contribution in [0.1, 0.15) is 27.2 Å². The third-order valence-corrected chi connectivity index (χ3v) is 4.84. The maximum atomic E-state index is 13.0. The van der Waals surface area contributed by atoms with Gasteiger partial charge in [0.05, 0.1) is 16.6 Å². The molecule has 0 unspecified atom stereocenters. The van der Waals surface area contributed by atoms with E-state index in [-0.39, 0.29) is 11.4 Å². The van der Waals surface area contributed by atoms with Crippen LogP contribution in [0.5, 0.6) is 0 Å². The van der Waals surface area contributed by atoms with Gasteiger partial charge in [-0.3, -0.25) is 4.79 Å². The molecule has 0 atom stereocenters. The molecule has 7 heteroatoms. The Labute approximate surface area is 163 Å². The molecule has 2 aromatic carbocycles. The Hall–Kier alpha value is -3.79. The van der Waals surface area contributed by atoms with Crippen LogP contribution in [-0.2, 0) is 6.18 Å². The molecule has 0 saturated heterocycles. The first-order valence-corrected chi connectivity index (χ1v) is 8.72. The van der Waals surface area contributed by atoms with E-state index in [4.69, 9.17) is 0 Å². The molecule has 1 N–H and O–H groups in total. The van der Waals surface area contributed by atoms with Gasteiger partial charge in [0, 0.05) is 17.3 Å². The Morgan fingerprint density at radius 1 is 1.10 bits per heavy atom. The summed E-state index contributed by atoms with van der Waals surface area (Å²) in [6.07, 6.45) is -2.82. The molecule has 0 aliphatic heterocycles. The van der Waals surface area contributed by atoms with Crippen molar-refractivity contribution in [3.63, 3.8) is 0 Å².